The Morgan fingerprint density at radius 1 is 0.366 bits per heavy atom. The number of ether oxygens (including phenoxy) is 4. The van der Waals surface area contributed by atoms with E-state index in [2.05, 4.69) is 30.6 Å². The molecule has 0 spiro atoms. The van der Waals surface area contributed by atoms with Gasteiger partial charge in [0.15, 0.2) is 0 Å². The zero-order chi connectivity index (χ0) is 54.8. The molecule has 0 unspecified atom stereocenters. The maximum Gasteiger partial charge on any atom is 1.00 e. The van der Waals surface area contributed by atoms with Crippen LogP contribution in [-0.2, 0) is 20.2 Å². The van der Waals surface area contributed by atoms with Crippen LogP contribution < -0.4 is 88.7 Å². The van der Waals surface area contributed by atoms with E-state index < -0.39 is 30.0 Å². The topological polar surface area (TPSA) is 221 Å². The summed E-state index contributed by atoms with van der Waals surface area (Å²) in [6, 6.07) is 64.2. The van der Waals surface area contributed by atoms with Gasteiger partial charge >= 0.3 is 71.1 Å². The van der Waals surface area contributed by atoms with Gasteiger partial charge in [-0.3, -0.25) is 9.11 Å². The van der Waals surface area contributed by atoms with Gasteiger partial charge in [-0.2, -0.15) is 36.8 Å². The summed E-state index contributed by atoms with van der Waals surface area (Å²) in [5.74, 6) is 2.46. The molecule has 20 heteroatoms. The predicted molar refractivity (Wildman–Crippen MR) is 310 cm³/mol. The zero-order valence-electron chi connectivity index (χ0n) is 45.7. The average Bonchev–Trinajstić information content (AvgIpc) is 3.55. The van der Waals surface area contributed by atoms with Crippen LogP contribution in [0.3, 0.4) is 0 Å². The van der Waals surface area contributed by atoms with E-state index >= 15 is 0 Å². The minimum Gasteiger partial charge on any atom is -1.00 e. The maximum absolute atomic E-state index is 13.1. The zero-order valence-corrected chi connectivity index (χ0v) is 49.3. The molecule has 82 heavy (non-hydrogen) atoms. The Kier molecular flexibility index (Phi) is 17.0. The van der Waals surface area contributed by atoms with Gasteiger partial charge < -0.3 is 32.4 Å². The Balaban J connectivity index is 0.00000230. The first-order chi connectivity index (χ1) is 38.8. The SMILES string of the molecule is O=S(=O)(O)c1cc(Nc2cc(Oc3cccc4ccccc34)nc(Oc3cccc4ccccc34)n2)ccc1C=Cc1ccc(Nc2cc(Oc3cccc4ccccc34)nc(Oc3cccc4ccccc34)n2)cc1S(=O)(=O)O.[H-].[H-].[Na+].[Na+]. The third-order valence-corrected chi connectivity index (χ3v) is 14.6. The smallest absolute Gasteiger partial charge is 1.00 e. The van der Waals surface area contributed by atoms with Gasteiger partial charge in [0.1, 0.15) is 44.4 Å². The third-order valence-electron chi connectivity index (χ3n) is 12.8. The average molecular weight is 1140 g/mol. The molecule has 0 bridgehead atoms. The van der Waals surface area contributed by atoms with Gasteiger partial charge in [-0.1, -0.05) is 170 Å². The van der Waals surface area contributed by atoms with Crippen molar-refractivity contribution in [2.45, 2.75) is 9.79 Å². The minimum absolute atomic E-state index is 0. The number of benzene rings is 10. The van der Waals surface area contributed by atoms with E-state index in [0.29, 0.717) is 23.0 Å². The fourth-order valence-electron chi connectivity index (χ4n) is 9.11. The van der Waals surface area contributed by atoms with Gasteiger partial charge in [-0.25, -0.2) is 0 Å². The number of hydrogen-bond acceptors (Lipinski definition) is 14. The standard InChI is InChI=1S/C62H42N6O10S2.2Na.2H/c69-79(70,71)55-35-45(63-57-37-59(75-51-25-9-17-39-13-1-5-21-47(39)51)67-61(65-57)77-53-27-11-19-41-15-3-7-23-49(41)53)33-31-43(55)29-30-44-32-34-46(36-56(44)80(72,73)74)64-58-38-60(76-52-26-10-18-40-14-2-6-22-48(40)52)68-62(66-58)78-54-28-12-20-42-16-4-8-24-50(42)54;;;;/h1-38H,(H,63,65,67)(H,64,66,68)(H,69,70,71)(H,72,73,74);;;;/q;2*+1;2*-1. The molecular formula is C62H44N6Na2O10S2. The molecule has 12 aromatic rings. The molecule has 0 saturated carbocycles. The fraction of sp³-hybridized carbons (Fsp3) is 0. The number of nitrogens with zero attached hydrogens (tertiary/aromatic N) is 4. The molecule has 0 fully saturated rings. The van der Waals surface area contributed by atoms with Gasteiger partial charge in [0, 0.05) is 45.1 Å². The molecule has 4 N–H and O–H groups in total. The normalized spacial score (nSPS) is 11.5. The molecule has 10 aromatic carbocycles. The molecule has 0 radical (unpaired) electrons. The Morgan fingerprint density at radius 3 is 1.00 bits per heavy atom. The molecule has 16 nitrogen and oxygen atoms in total. The van der Waals surface area contributed by atoms with Crippen LogP contribution in [0.5, 0.6) is 46.8 Å². The molecule has 0 aliphatic heterocycles. The summed E-state index contributed by atoms with van der Waals surface area (Å²) in [6.45, 7) is 0. The van der Waals surface area contributed by atoms with E-state index in [4.69, 9.17) is 18.9 Å². The molecule has 0 saturated heterocycles. The summed E-state index contributed by atoms with van der Waals surface area (Å²) >= 11 is 0. The number of aromatic nitrogens is 4. The molecule has 0 atom stereocenters. The summed E-state index contributed by atoms with van der Waals surface area (Å²) in [5.41, 5.74) is 0.303. The number of fused-ring (bicyclic) bond motifs is 4. The summed E-state index contributed by atoms with van der Waals surface area (Å²) in [6.07, 6.45) is 2.58. The number of nitrogens with one attached hydrogen (secondary N) is 2. The van der Waals surface area contributed by atoms with Crippen LogP contribution in [0.25, 0.3) is 55.2 Å². The molecule has 0 aliphatic rings. The largest absolute Gasteiger partial charge is 1.00 e. The van der Waals surface area contributed by atoms with Crippen LogP contribution in [0.4, 0.5) is 23.0 Å². The second-order valence-corrected chi connectivity index (χ2v) is 20.9. The molecular weight excluding hydrogens is 1100 g/mol. The van der Waals surface area contributed by atoms with Gasteiger partial charge in [0.05, 0.1) is 0 Å². The predicted octanol–water partition coefficient (Wildman–Crippen LogP) is 9.43. The first kappa shape index (κ1) is 57.0. The number of rotatable bonds is 16. The quantitative estimate of drug-likeness (QED) is 0.0402. The van der Waals surface area contributed by atoms with Crippen molar-refractivity contribution in [2.24, 2.45) is 0 Å². The minimum atomic E-state index is -4.92. The number of hydrogen-bond donors (Lipinski definition) is 4. The van der Waals surface area contributed by atoms with Crippen molar-refractivity contribution in [3.8, 4) is 46.8 Å². The summed E-state index contributed by atoms with van der Waals surface area (Å²) in [4.78, 5) is 17.3. The number of anilines is 4. The van der Waals surface area contributed by atoms with Crippen molar-refractivity contribution in [2.75, 3.05) is 10.6 Å². The van der Waals surface area contributed by atoms with E-state index in [0.717, 1.165) is 43.1 Å². The van der Waals surface area contributed by atoms with Crippen LogP contribution >= 0.6 is 0 Å². The Labute approximate surface area is 517 Å². The van der Waals surface area contributed by atoms with Crippen molar-refractivity contribution in [1.82, 2.24) is 19.9 Å². The van der Waals surface area contributed by atoms with Gasteiger partial charge in [-0.15, -0.1) is 0 Å². The summed E-state index contributed by atoms with van der Waals surface area (Å²) < 4.78 is 98.7. The van der Waals surface area contributed by atoms with Crippen molar-refractivity contribution in [1.29, 1.82) is 0 Å². The van der Waals surface area contributed by atoms with Crippen LogP contribution in [0, 0.1) is 0 Å². The van der Waals surface area contributed by atoms with Crippen molar-refractivity contribution >= 4 is 98.5 Å². The maximum atomic E-state index is 13.1. The Hall–Kier alpha value is -8.24. The molecule has 396 valence electrons. The molecule has 0 aliphatic carbocycles. The van der Waals surface area contributed by atoms with Crippen LogP contribution in [0.1, 0.15) is 14.0 Å². The van der Waals surface area contributed by atoms with Crippen LogP contribution in [0.2, 0.25) is 0 Å². The van der Waals surface area contributed by atoms with Crippen molar-refractivity contribution in [3.05, 3.63) is 230 Å². The van der Waals surface area contributed by atoms with E-state index in [1.54, 1.807) is 24.3 Å². The summed E-state index contributed by atoms with van der Waals surface area (Å²) in [7, 11) is -9.85. The third kappa shape index (κ3) is 12.9. The van der Waals surface area contributed by atoms with Gasteiger partial charge in [-0.05, 0) is 81.2 Å². The Bertz CT molecular complexity index is 4170. The first-order valence-electron chi connectivity index (χ1n) is 24.7. The molecule has 2 heterocycles. The molecule has 0 amide bonds. The second kappa shape index (κ2) is 24.5. The van der Waals surface area contributed by atoms with Crippen molar-refractivity contribution in [3.63, 3.8) is 0 Å². The first-order valence-corrected chi connectivity index (χ1v) is 27.6. The molecule has 12 rings (SSSR count). The van der Waals surface area contributed by atoms with E-state index in [1.807, 2.05) is 146 Å². The van der Waals surface area contributed by atoms with Crippen molar-refractivity contribution < 1.29 is 107 Å². The monoisotopic (exact) mass is 1140 g/mol. The van der Waals surface area contributed by atoms with E-state index in [-0.39, 0.29) is 120 Å². The fourth-order valence-corrected chi connectivity index (χ4v) is 10.5. The summed E-state index contributed by atoms with van der Waals surface area (Å²) in [5, 5.41) is 13.2. The van der Waals surface area contributed by atoms with Crippen LogP contribution in [0.15, 0.2) is 228 Å². The second-order valence-electron chi connectivity index (χ2n) is 18.1. The molecule has 2 aromatic heterocycles. The van der Waals surface area contributed by atoms with E-state index in [9.17, 15) is 25.9 Å². The van der Waals surface area contributed by atoms with E-state index in [1.165, 1.54) is 60.7 Å². The Morgan fingerprint density at radius 2 is 0.671 bits per heavy atom. The van der Waals surface area contributed by atoms with Gasteiger partial charge in [0.25, 0.3) is 20.2 Å². The van der Waals surface area contributed by atoms with Crippen LogP contribution in [-0.4, -0.2) is 45.9 Å². The van der Waals surface area contributed by atoms with Gasteiger partial charge in [0.2, 0.25) is 11.8 Å².